The van der Waals surface area contributed by atoms with Gasteiger partial charge in [0.1, 0.15) is 12.4 Å². The van der Waals surface area contributed by atoms with E-state index in [2.05, 4.69) is 16.0 Å². The Morgan fingerprint density at radius 3 is 2.18 bits per heavy atom. The first-order chi connectivity index (χ1) is 27.3. The molecule has 0 saturated carbocycles. The number of carbonyl (C=O) groups excluding carboxylic acids is 7. The molecule has 6 amide bonds. The standard InChI is InChI=1S/C43H42FN5O8/c1-27(23-45-37(51)18-19-38(52)46-24-29-8-12-32(13-9-29)40(54)31-6-4-3-5-7-31)48(25-30-10-14-34(44)15-11-30)39(53)26-49-41(55)43(57-42(49)56)21-20-33-22-35(47-28(2)50)16-17-36(33)43/h3-17,22,27H,18-21,23-26H2,1-2H3,(H,45,51)(H,46,52)(H,47,50)/t27-,43+/m0/s1. The van der Waals surface area contributed by atoms with Crippen LogP contribution in [0.15, 0.2) is 97.1 Å². The third-order valence-electron chi connectivity index (χ3n) is 10.0. The summed E-state index contributed by atoms with van der Waals surface area (Å²) in [5.41, 5.74) is 2.62. The van der Waals surface area contributed by atoms with Gasteiger partial charge in [-0.15, -0.1) is 0 Å². The number of carbonyl (C=O) groups is 7. The lowest BCUT2D eigenvalue weighted by Crippen LogP contribution is -2.50. The molecule has 0 unspecified atom stereocenters. The Hall–Kier alpha value is -6.70. The third-order valence-corrected chi connectivity index (χ3v) is 10.0. The van der Waals surface area contributed by atoms with Crippen LogP contribution >= 0.6 is 0 Å². The van der Waals surface area contributed by atoms with Crippen LogP contribution in [0.25, 0.3) is 0 Å². The highest BCUT2D eigenvalue weighted by Crippen LogP contribution is 2.46. The highest BCUT2D eigenvalue weighted by atomic mass is 19.1. The Morgan fingerprint density at radius 2 is 1.49 bits per heavy atom. The molecular weight excluding hydrogens is 733 g/mol. The number of aryl methyl sites for hydroxylation is 1. The van der Waals surface area contributed by atoms with Gasteiger partial charge in [-0.1, -0.05) is 72.8 Å². The van der Waals surface area contributed by atoms with Crippen LogP contribution in [0.3, 0.4) is 0 Å². The predicted molar refractivity (Wildman–Crippen MR) is 206 cm³/mol. The number of fused-ring (bicyclic) bond motifs is 2. The smallest absolute Gasteiger partial charge is 0.418 e. The molecule has 1 aliphatic heterocycles. The minimum absolute atomic E-state index is 0.0169. The van der Waals surface area contributed by atoms with Crippen molar-refractivity contribution in [3.05, 3.63) is 136 Å². The molecule has 13 nitrogen and oxygen atoms in total. The number of nitrogens with zero attached hydrogens (tertiary/aromatic N) is 2. The molecule has 57 heavy (non-hydrogen) atoms. The van der Waals surface area contributed by atoms with Crippen LogP contribution in [0, 0.1) is 5.82 Å². The minimum atomic E-state index is -1.59. The van der Waals surface area contributed by atoms with E-state index < -0.39 is 47.8 Å². The van der Waals surface area contributed by atoms with Gasteiger partial charge in [-0.25, -0.2) is 14.1 Å². The second-order valence-corrected chi connectivity index (χ2v) is 14.1. The fourth-order valence-electron chi connectivity index (χ4n) is 6.94. The van der Waals surface area contributed by atoms with Gasteiger partial charge in [0.25, 0.3) is 5.91 Å². The normalized spacial score (nSPS) is 16.1. The summed E-state index contributed by atoms with van der Waals surface area (Å²) >= 11 is 0. The maximum atomic E-state index is 13.9. The number of halogens is 1. The predicted octanol–water partition coefficient (Wildman–Crippen LogP) is 4.77. The van der Waals surface area contributed by atoms with Crippen molar-refractivity contribution in [1.29, 1.82) is 0 Å². The lowest BCUT2D eigenvalue weighted by atomic mass is 9.94. The monoisotopic (exact) mass is 775 g/mol. The number of ketones is 1. The summed E-state index contributed by atoms with van der Waals surface area (Å²) in [6.07, 6.45) is -0.611. The average molecular weight is 776 g/mol. The third kappa shape index (κ3) is 9.40. The molecule has 0 bridgehead atoms. The summed E-state index contributed by atoms with van der Waals surface area (Å²) in [5, 5.41) is 8.21. The largest absolute Gasteiger partial charge is 0.427 e. The van der Waals surface area contributed by atoms with Crippen LogP contribution in [0.2, 0.25) is 0 Å². The first-order valence-corrected chi connectivity index (χ1v) is 18.5. The van der Waals surface area contributed by atoms with E-state index in [1.165, 1.54) is 36.1 Å². The van der Waals surface area contributed by atoms with Crippen LogP contribution < -0.4 is 16.0 Å². The number of hydrogen-bond acceptors (Lipinski definition) is 8. The zero-order chi connectivity index (χ0) is 40.7. The Bertz CT molecular complexity index is 2200. The van der Waals surface area contributed by atoms with Gasteiger partial charge < -0.3 is 25.6 Å². The molecule has 3 N–H and O–H groups in total. The van der Waals surface area contributed by atoms with Gasteiger partial charge in [-0.3, -0.25) is 28.8 Å². The summed E-state index contributed by atoms with van der Waals surface area (Å²) in [4.78, 5) is 92.6. The van der Waals surface area contributed by atoms with E-state index in [0.717, 1.165) is 16.0 Å². The molecule has 6 rings (SSSR count). The van der Waals surface area contributed by atoms with Crippen LogP contribution in [0.1, 0.15) is 71.3 Å². The van der Waals surface area contributed by atoms with E-state index in [1.54, 1.807) is 73.7 Å². The zero-order valence-electron chi connectivity index (χ0n) is 31.5. The number of rotatable bonds is 15. The quantitative estimate of drug-likeness (QED) is 0.145. The number of nitrogens with one attached hydrogen (secondary N) is 3. The molecule has 14 heteroatoms. The molecule has 1 spiro atoms. The van der Waals surface area contributed by atoms with Gasteiger partial charge in [0.2, 0.25) is 29.2 Å². The molecule has 1 aliphatic carbocycles. The van der Waals surface area contributed by atoms with E-state index in [-0.39, 0.29) is 56.5 Å². The molecule has 0 radical (unpaired) electrons. The molecule has 1 fully saturated rings. The number of ether oxygens (including phenoxy) is 1. The van der Waals surface area contributed by atoms with Gasteiger partial charge in [0, 0.05) is 74.2 Å². The average Bonchev–Trinajstić information content (AvgIpc) is 3.68. The van der Waals surface area contributed by atoms with Crippen LogP contribution in [0.4, 0.5) is 14.9 Å². The van der Waals surface area contributed by atoms with Crippen molar-refractivity contribution in [3.8, 4) is 0 Å². The number of hydrogen-bond donors (Lipinski definition) is 3. The number of amides is 6. The SMILES string of the molecule is CC(=O)Nc1ccc2c(c1)CC[C@@]21OC(=O)N(CC(=O)N(Cc2ccc(F)cc2)[C@@H](C)CNC(=O)CCC(=O)NCc2ccc(C(=O)c3ccccc3)cc2)C1=O. The van der Waals surface area contributed by atoms with Crippen molar-refractivity contribution in [2.24, 2.45) is 0 Å². The van der Waals surface area contributed by atoms with E-state index >= 15 is 0 Å². The maximum absolute atomic E-state index is 13.9. The first kappa shape index (κ1) is 40.0. The van der Waals surface area contributed by atoms with Gasteiger partial charge in [0.15, 0.2) is 5.78 Å². The van der Waals surface area contributed by atoms with Gasteiger partial charge in [0.05, 0.1) is 0 Å². The fourth-order valence-corrected chi connectivity index (χ4v) is 6.94. The molecule has 1 heterocycles. The summed E-state index contributed by atoms with van der Waals surface area (Å²) in [7, 11) is 0. The molecule has 1 saturated heterocycles. The Balaban J connectivity index is 1.02. The number of imide groups is 1. The molecule has 294 valence electrons. The van der Waals surface area contributed by atoms with Crippen LogP contribution in [-0.4, -0.2) is 70.3 Å². The minimum Gasteiger partial charge on any atom is -0.427 e. The highest BCUT2D eigenvalue weighted by Gasteiger charge is 2.58. The lowest BCUT2D eigenvalue weighted by Gasteiger charge is -2.31. The molecule has 0 aromatic heterocycles. The van der Waals surface area contributed by atoms with Gasteiger partial charge >= 0.3 is 6.09 Å². The molecule has 4 aromatic rings. The molecule has 2 aliphatic rings. The summed E-state index contributed by atoms with van der Waals surface area (Å²) in [5.74, 6) is -2.91. The summed E-state index contributed by atoms with van der Waals surface area (Å²) in [6, 6.07) is 25.6. The molecule has 4 aromatic carbocycles. The van der Waals surface area contributed by atoms with Crippen molar-refractivity contribution < 1.29 is 42.7 Å². The Labute approximate surface area is 328 Å². The van der Waals surface area contributed by atoms with Crippen molar-refractivity contribution in [1.82, 2.24) is 20.4 Å². The van der Waals surface area contributed by atoms with E-state index in [0.29, 0.717) is 34.4 Å². The molecule has 2 atom stereocenters. The number of benzene rings is 4. The zero-order valence-corrected chi connectivity index (χ0v) is 31.5. The van der Waals surface area contributed by atoms with Crippen molar-refractivity contribution >= 4 is 47.1 Å². The van der Waals surface area contributed by atoms with Crippen molar-refractivity contribution in [2.75, 3.05) is 18.4 Å². The first-order valence-electron chi connectivity index (χ1n) is 18.5. The van der Waals surface area contributed by atoms with Crippen LogP contribution in [-0.2, 0) is 53.8 Å². The van der Waals surface area contributed by atoms with Gasteiger partial charge in [-0.05, 0) is 54.3 Å². The molecular formula is C43H42FN5O8. The highest BCUT2D eigenvalue weighted by molar-refractivity contribution is 6.09. The van der Waals surface area contributed by atoms with Crippen LogP contribution in [0.5, 0.6) is 0 Å². The second-order valence-electron chi connectivity index (χ2n) is 14.1. The Morgan fingerprint density at radius 1 is 0.842 bits per heavy atom. The van der Waals surface area contributed by atoms with E-state index in [1.807, 2.05) is 6.07 Å². The van der Waals surface area contributed by atoms with Crippen molar-refractivity contribution in [3.63, 3.8) is 0 Å². The lowest BCUT2D eigenvalue weighted by molar-refractivity contribution is -0.143. The topological polar surface area (TPSA) is 171 Å². The van der Waals surface area contributed by atoms with Crippen molar-refractivity contribution in [2.45, 2.75) is 64.3 Å². The summed E-state index contributed by atoms with van der Waals surface area (Å²) < 4.78 is 19.4. The maximum Gasteiger partial charge on any atom is 0.418 e. The van der Waals surface area contributed by atoms with Gasteiger partial charge in [-0.2, -0.15) is 0 Å². The second kappa shape index (κ2) is 17.4. The van der Waals surface area contributed by atoms with E-state index in [4.69, 9.17) is 4.74 Å². The van der Waals surface area contributed by atoms with E-state index in [9.17, 15) is 38.0 Å². The number of anilines is 1. The fraction of sp³-hybridized carbons (Fsp3) is 0.279. The Kier molecular flexibility index (Phi) is 12.2. The summed E-state index contributed by atoms with van der Waals surface area (Å²) in [6.45, 7) is 2.59.